The van der Waals surface area contributed by atoms with Gasteiger partial charge >= 0.3 is 33.4 Å². The predicted molar refractivity (Wildman–Crippen MR) is 179 cm³/mol. The van der Waals surface area contributed by atoms with Crippen molar-refractivity contribution in [1.82, 2.24) is 5.06 Å². The number of rotatable bonds is 9. The first kappa shape index (κ1) is 37.0. The predicted octanol–water partition coefficient (Wildman–Crippen LogP) is 10.2. The fourth-order valence-corrected chi connectivity index (χ4v) is 6.65. The van der Waals surface area contributed by atoms with Gasteiger partial charge in [0.25, 0.3) is 0 Å². The molecule has 17 heteroatoms. The quantitative estimate of drug-likeness (QED) is 0.139. The zero-order chi connectivity index (χ0) is 37.7. The molecule has 6 rings (SSSR count). The summed E-state index contributed by atoms with van der Waals surface area (Å²) >= 11 is 3.50. The molecule has 1 atom stereocenters. The van der Waals surface area contributed by atoms with Gasteiger partial charge in [-0.1, -0.05) is 131 Å². The standard InChI is InChI=1S/C35H21BrF9N3O3S/c36-28-20-19-25(26-13-7-8-14-27(26)28)21-15-17-24(18-16-21)31-47-29(22-9-3-1-4-10-22)46-30(23-11-5-2-6-12-23)48(31)51-52(49,50)35(44,45)33(39,40)32(37,38)34(41,42)43/h1-20,31H. The van der Waals surface area contributed by atoms with Crippen LogP contribution in [0.2, 0.25) is 0 Å². The minimum absolute atomic E-state index is 0.00664. The summed E-state index contributed by atoms with van der Waals surface area (Å²) in [6.07, 6.45) is -9.13. The van der Waals surface area contributed by atoms with Crippen LogP contribution >= 0.6 is 15.9 Å². The number of halogens is 10. The molecule has 0 N–H and O–H groups in total. The van der Waals surface area contributed by atoms with E-state index >= 15 is 8.78 Å². The monoisotopic (exact) mass is 813 g/mol. The summed E-state index contributed by atoms with van der Waals surface area (Å²) in [6.45, 7) is 0. The van der Waals surface area contributed by atoms with Crippen LogP contribution in [0.5, 0.6) is 0 Å². The van der Waals surface area contributed by atoms with Gasteiger partial charge in [-0.3, -0.25) is 0 Å². The molecule has 0 aromatic heterocycles. The van der Waals surface area contributed by atoms with E-state index in [1.165, 1.54) is 42.5 Å². The van der Waals surface area contributed by atoms with Crippen molar-refractivity contribution in [3.63, 3.8) is 0 Å². The lowest BCUT2D eigenvalue weighted by Crippen LogP contribution is -2.64. The third-order valence-electron chi connectivity index (χ3n) is 7.95. The highest BCUT2D eigenvalue weighted by Crippen LogP contribution is 2.55. The number of fused-ring (bicyclic) bond motifs is 1. The Kier molecular flexibility index (Phi) is 9.51. The lowest BCUT2D eigenvalue weighted by Gasteiger charge is -2.36. The van der Waals surface area contributed by atoms with Crippen LogP contribution in [-0.2, 0) is 14.4 Å². The molecule has 52 heavy (non-hydrogen) atoms. The van der Waals surface area contributed by atoms with E-state index in [0.29, 0.717) is 11.1 Å². The number of amidine groups is 2. The maximum atomic E-state index is 15.0. The molecular formula is C35H21BrF9N3O3S. The molecule has 0 aliphatic carbocycles. The van der Waals surface area contributed by atoms with Crippen molar-refractivity contribution in [2.45, 2.75) is 29.4 Å². The van der Waals surface area contributed by atoms with Crippen LogP contribution in [0.25, 0.3) is 21.9 Å². The first-order chi connectivity index (χ1) is 24.4. The number of alkyl halides is 9. The Hall–Kier alpha value is -4.74. The molecule has 0 saturated heterocycles. The number of nitrogens with zero attached hydrogens (tertiary/aromatic N) is 3. The summed E-state index contributed by atoms with van der Waals surface area (Å²) in [6, 6.07) is 31.8. The molecule has 0 fully saturated rings. The number of hydrogen-bond donors (Lipinski definition) is 0. The minimum Gasteiger partial charge on any atom is -0.234 e. The van der Waals surface area contributed by atoms with E-state index < -0.39 is 45.4 Å². The third kappa shape index (κ3) is 6.34. The van der Waals surface area contributed by atoms with Crippen LogP contribution in [0.4, 0.5) is 39.5 Å². The van der Waals surface area contributed by atoms with Crippen LogP contribution < -0.4 is 0 Å². The molecule has 0 saturated carbocycles. The Morgan fingerprint density at radius 2 is 1.15 bits per heavy atom. The second-order valence-electron chi connectivity index (χ2n) is 11.3. The zero-order valence-corrected chi connectivity index (χ0v) is 28.3. The van der Waals surface area contributed by atoms with Crippen LogP contribution in [0.1, 0.15) is 22.9 Å². The maximum absolute atomic E-state index is 15.0. The third-order valence-corrected chi connectivity index (χ3v) is 9.88. The molecule has 0 spiro atoms. The Morgan fingerprint density at radius 3 is 1.73 bits per heavy atom. The topological polar surface area (TPSA) is 71.3 Å². The fraction of sp³-hybridized carbons (Fsp3) is 0.143. The first-order valence-electron chi connectivity index (χ1n) is 14.9. The maximum Gasteiger partial charge on any atom is 0.460 e. The molecule has 1 heterocycles. The average Bonchev–Trinajstić information content (AvgIpc) is 3.12. The largest absolute Gasteiger partial charge is 0.460 e. The molecule has 270 valence electrons. The Morgan fingerprint density at radius 1 is 0.615 bits per heavy atom. The minimum atomic E-state index is -7.53. The van der Waals surface area contributed by atoms with E-state index in [9.17, 15) is 39.2 Å². The van der Waals surface area contributed by atoms with Crippen molar-refractivity contribution < 1.29 is 52.2 Å². The molecule has 0 bridgehead atoms. The van der Waals surface area contributed by atoms with Gasteiger partial charge in [0.2, 0.25) is 0 Å². The first-order valence-corrected chi connectivity index (χ1v) is 17.1. The molecular weight excluding hydrogens is 793 g/mol. The van der Waals surface area contributed by atoms with E-state index in [1.54, 1.807) is 42.5 Å². The number of benzene rings is 5. The highest BCUT2D eigenvalue weighted by atomic mass is 79.9. The molecule has 1 aliphatic heterocycles. The lowest BCUT2D eigenvalue weighted by atomic mass is 9.97. The van der Waals surface area contributed by atoms with Gasteiger partial charge in [-0.25, -0.2) is 9.98 Å². The SMILES string of the molecule is O=S(=O)(ON1C(c2ccccc2)=NC(c2ccccc2)=NC1c1ccc(-c2ccc(Br)c3ccccc23)cc1)C(F)(F)C(F)(F)C(F)(F)C(F)(F)F. The molecule has 5 aromatic carbocycles. The van der Waals surface area contributed by atoms with E-state index in [0.717, 1.165) is 20.8 Å². The summed E-state index contributed by atoms with van der Waals surface area (Å²) in [5.74, 6) is -15.8. The average molecular weight is 815 g/mol. The van der Waals surface area contributed by atoms with Crippen molar-refractivity contribution in [2.24, 2.45) is 9.98 Å². The van der Waals surface area contributed by atoms with Crippen LogP contribution in [-0.4, -0.2) is 48.4 Å². The highest BCUT2D eigenvalue weighted by molar-refractivity contribution is 9.10. The van der Waals surface area contributed by atoms with Crippen molar-refractivity contribution in [3.8, 4) is 11.1 Å². The zero-order valence-electron chi connectivity index (χ0n) is 25.9. The summed E-state index contributed by atoms with van der Waals surface area (Å²) < 4.78 is 156. The van der Waals surface area contributed by atoms with E-state index in [2.05, 4.69) is 30.2 Å². The summed E-state index contributed by atoms with van der Waals surface area (Å²) in [7, 11) is -7.40. The number of hydrogen-bond acceptors (Lipinski definition) is 6. The molecule has 0 radical (unpaired) electrons. The summed E-state index contributed by atoms with van der Waals surface area (Å²) in [5.41, 5.74) is 1.63. The molecule has 5 aromatic rings. The van der Waals surface area contributed by atoms with E-state index in [4.69, 9.17) is 0 Å². The van der Waals surface area contributed by atoms with Gasteiger partial charge in [-0.2, -0.15) is 53.0 Å². The van der Waals surface area contributed by atoms with E-state index in [-0.39, 0.29) is 22.0 Å². The smallest absolute Gasteiger partial charge is 0.234 e. The van der Waals surface area contributed by atoms with Gasteiger partial charge < -0.3 is 0 Å². The van der Waals surface area contributed by atoms with Crippen LogP contribution in [0.15, 0.2) is 136 Å². The van der Waals surface area contributed by atoms with E-state index in [1.807, 2.05) is 36.4 Å². The van der Waals surface area contributed by atoms with Crippen molar-refractivity contribution in [3.05, 3.63) is 142 Å². The van der Waals surface area contributed by atoms with Crippen LogP contribution in [0, 0.1) is 0 Å². The second kappa shape index (κ2) is 13.3. The normalized spacial score (nSPS) is 16.1. The molecule has 1 aliphatic rings. The van der Waals surface area contributed by atoms with Crippen molar-refractivity contribution in [2.75, 3.05) is 0 Å². The Bertz CT molecular complexity index is 2290. The summed E-state index contributed by atoms with van der Waals surface area (Å²) in [5, 5.41) is -5.38. The van der Waals surface area contributed by atoms with Crippen molar-refractivity contribution >= 4 is 48.5 Å². The van der Waals surface area contributed by atoms with Gasteiger partial charge in [0, 0.05) is 15.6 Å². The molecule has 1 unspecified atom stereocenters. The number of hydroxylamine groups is 2. The lowest BCUT2D eigenvalue weighted by molar-refractivity contribution is -0.383. The summed E-state index contributed by atoms with van der Waals surface area (Å²) in [4.78, 5) is 8.60. The highest BCUT2D eigenvalue weighted by Gasteiger charge is 2.86. The van der Waals surface area contributed by atoms with Gasteiger partial charge in [-0.05, 0) is 33.5 Å². The number of aliphatic imine (C=N–C) groups is 2. The molecule has 6 nitrogen and oxygen atoms in total. The van der Waals surface area contributed by atoms with Gasteiger partial charge in [-0.15, -0.1) is 4.28 Å². The van der Waals surface area contributed by atoms with Gasteiger partial charge in [0.05, 0.1) is 0 Å². The van der Waals surface area contributed by atoms with Gasteiger partial charge in [0.15, 0.2) is 17.8 Å². The Labute approximate surface area is 298 Å². The van der Waals surface area contributed by atoms with Gasteiger partial charge in [0.1, 0.15) is 0 Å². The molecule has 0 amide bonds. The Balaban J connectivity index is 1.50. The second-order valence-corrected chi connectivity index (χ2v) is 13.7. The fourth-order valence-electron chi connectivity index (χ4n) is 5.27. The van der Waals surface area contributed by atoms with Crippen LogP contribution in [0.3, 0.4) is 0 Å². The van der Waals surface area contributed by atoms with Crippen molar-refractivity contribution in [1.29, 1.82) is 0 Å².